The predicted molar refractivity (Wildman–Crippen MR) is 106 cm³/mol. The molecule has 0 radical (unpaired) electrons. The number of carbonyl (C=O) groups excluding carboxylic acids is 1. The first-order valence-electron chi connectivity index (χ1n) is 8.53. The first-order chi connectivity index (χ1) is 13.9. The molecule has 0 aliphatic carbocycles. The third-order valence-electron chi connectivity index (χ3n) is 4.01. The highest BCUT2D eigenvalue weighted by molar-refractivity contribution is 7.13. The van der Waals surface area contributed by atoms with Crippen LogP contribution in [0.1, 0.15) is 21.6 Å². The number of aromatic nitrogens is 1. The van der Waals surface area contributed by atoms with Crippen LogP contribution in [0.3, 0.4) is 0 Å². The highest BCUT2D eigenvalue weighted by Crippen LogP contribution is 2.30. The van der Waals surface area contributed by atoms with Crippen molar-refractivity contribution in [2.45, 2.75) is 12.4 Å². The van der Waals surface area contributed by atoms with E-state index in [1.807, 2.05) is 0 Å². The van der Waals surface area contributed by atoms with Crippen LogP contribution < -0.4 is 21.4 Å². The summed E-state index contributed by atoms with van der Waals surface area (Å²) < 4.78 is 5.36. The molecule has 11 nitrogen and oxygen atoms in total. The van der Waals surface area contributed by atoms with Crippen LogP contribution >= 0.6 is 11.3 Å². The zero-order valence-electron chi connectivity index (χ0n) is 15.1. The molecule has 13 heteroatoms. The lowest BCUT2D eigenvalue weighted by Gasteiger charge is -2.28. The van der Waals surface area contributed by atoms with Crippen molar-refractivity contribution in [1.29, 1.82) is 0 Å². The van der Waals surface area contributed by atoms with E-state index in [-0.39, 0.29) is 47.4 Å². The van der Waals surface area contributed by atoms with Crippen LogP contribution in [0.15, 0.2) is 28.7 Å². The molecule has 1 aliphatic rings. The minimum absolute atomic E-state index is 0.0679. The van der Waals surface area contributed by atoms with Gasteiger partial charge in [-0.15, -0.1) is 11.3 Å². The van der Waals surface area contributed by atoms with Gasteiger partial charge >= 0.3 is 13.1 Å². The van der Waals surface area contributed by atoms with E-state index in [4.69, 9.17) is 21.0 Å². The minimum Gasteiger partial charge on any atom is -0.534 e. The summed E-state index contributed by atoms with van der Waals surface area (Å²) in [5.41, 5.74) is 11.5. The van der Waals surface area contributed by atoms with Crippen molar-refractivity contribution in [3.63, 3.8) is 0 Å². The van der Waals surface area contributed by atoms with E-state index in [0.717, 1.165) is 11.3 Å². The zero-order valence-corrected chi connectivity index (χ0v) is 15.9. The van der Waals surface area contributed by atoms with Gasteiger partial charge in [-0.05, 0) is 18.1 Å². The molecule has 2 heterocycles. The van der Waals surface area contributed by atoms with Crippen molar-refractivity contribution < 1.29 is 29.2 Å². The van der Waals surface area contributed by atoms with E-state index < -0.39 is 24.9 Å². The molecule has 152 valence electrons. The van der Waals surface area contributed by atoms with Crippen LogP contribution in [0.25, 0.3) is 0 Å². The number of hydrogen-bond acceptors (Lipinski definition) is 10. The van der Waals surface area contributed by atoms with E-state index >= 15 is 0 Å². The van der Waals surface area contributed by atoms with Crippen LogP contribution in [-0.4, -0.2) is 58.9 Å². The van der Waals surface area contributed by atoms with E-state index in [9.17, 15) is 19.7 Å². The van der Waals surface area contributed by atoms with Gasteiger partial charge in [0, 0.05) is 11.9 Å². The Hall–Kier alpha value is -3.16. The van der Waals surface area contributed by atoms with Gasteiger partial charge in [-0.25, -0.2) is 9.78 Å². The Kier molecular flexibility index (Phi) is 6.31. The number of nitrogens with two attached hydrogens (primary N) is 2. The van der Waals surface area contributed by atoms with Crippen molar-refractivity contribution in [3.8, 4) is 5.75 Å². The number of nitrogen functional groups attached to an aromatic ring is 1. The van der Waals surface area contributed by atoms with Crippen molar-refractivity contribution in [3.05, 3.63) is 40.4 Å². The molecule has 0 unspecified atom stereocenters. The van der Waals surface area contributed by atoms with Crippen molar-refractivity contribution >= 4 is 41.2 Å². The summed E-state index contributed by atoms with van der Waals surface area (Å²) in [6.07, 6.45) is 0.152. The molecule has 0 fully saturated rings. The Morgan fingerprint density at radius 3 is 2.93 bits per heavy atom. The van der Waals surface area contributed by atoms with Crippen LogP contribution in [0.5, 0.6) is 5.75 Å². The van der Waals surface area contributed by atoms with Gasteiger partial charge < -0.3 is 36.4 Å². The van der Waals surface area contributed by atoms with Crippen LogP contribution in [-0.2, 0) is 16.1 Å². The smallest absolute Gasteiger partial charge is 0.534 e. The number of thiazole rings is 1. The molecule has 1 aromatic heterocycles. The average molecular weight is 419 g/mol. The first-order valence-corrected chi connectivity index (χ1v) is 9.40. The number of rotatable bonds is 7. The molecular formula is C16H18BN5O6S. The van der Waals surface area contributed by atoms with E-state index in [0.29, 0.717) is 5.56 Å². The molecule has 29 heavy (non-hydrogen) atoms. The van der Waals surface area contributed by atoms with Crippen molar-refractivity contribution in [2.75, 3.05) is 18.9 Å². The molecule has 7 N–H and O–H groups in total. The summed E-state index contributed by atoms with van der Waals surface area (Å²) >= 11 is 1.13. The quantitative estimate of drug-likeness (QED) is 0.167. The van der Waals surface area contributed by atoms with Gasteiger partial charge in [0.1, 0.15) is 18.1 Å². The number of anilines is 1. The Bertz CT molecular complexity index is 952. The maximum absolute atomic E-state index is 12.8. The Labute approximate surface area is 169 Å². The maximum atomic E-state index is 12.8. The summed E-state index contributed by atoms with van der Waals surface area (Å²) in [4.78, 5) is 33.1. The van der Waals surface area contributed by atoms with Gasteiger partial charge in [-0.3, -0.25) is 4.79 Å². The monoisotopic (exact) mass is 419 g/mol. The number of aromatic carboxylic acids is 1. The molecule has 0 spiro atoms. The second-order valence-electron chi connectivity index (χ2n) is 6.02. The number of hydrogen-bond donors (Lipinski definition) is 5. The van der Waals surface area contributed by atoms with Crippen molar-refractivity contribution in [2.24, 2.45) is 10.9 Å². The molecule has 1 aliphatic heterocycles. The summed E-state index contributed by atoms with van der Waals surface area (Å²) in [6, 6.07) is 4.60. The summed E-state index contributed by atoms with van der Waals surface area (Å²) in [5.74, 6) is -2.62. The van der Waals surface area contributed by atoms with Crippen LogP contribution in [0.4, 0.5) is 5.13 Å². The fraction of sp³-hybridized carbons (Fsp3) is 0.250. The molecule has 1 amide bonds. The zero-order chi connectivity index (χ0) is 21.0. The molecular weight excluding hydrogens is 401 g/mol. The van der Waals surface area contributed by atoms with Crippen molar-refractivity contribution in [1.82, 2.24) is 10.3 Å². The van der Waals surface area contributed by atoms with E-state index in [1.54, 1.807) is 17.5 Å². The number of nitrogens with one attached hydrogen (secondary N) is 1. The number of amides is 1. The van der Waals surface area contributed by atoms with Gasteiger partial charge in [-0.1, -0.05) is 17.3 Å². The third-order valence-corrected chi connectivity index (χ3v) is 4.68. The Morgan fingerprint density at radius 1 is 1.48 bits per heavy atom. The lowest BCUT2D eigenvalue weighted by Crippen LogP contribution is -2.54. The molecule has 2 aromatic rings. The van der Waals surface area contributed by atoms with Gasteiger partial charge in [0.05, 0.1) is 11.5 Å². The lowest BCUT2D eigenvalue weighted by molar-refractivity contribution is -0.115. The number of benzene rings is 1. The minimum atomic E-state index is -1.46. The maximum Gasteiger partial charge on any atom is 0.547 e. The highest BCUT2D eigenvalue weighted by Gasteiger charge is 2.38. The standard InChI is InChI=1S/C16H18BN5O6S/c18-4-5-27-22-12(10-7-29-16(19)20-10)14(23)21-11-6-8-2-1-3-9(15(24)25)13(8)28-17(11)26/h1-3,7,11,26H,4-6,18H2,(H2,19,20)(H,21,23)(H,24,25)/b22-12-/t11-/m0/s1. The van der Waals surface area contributed by atoms with E-state index in [2.05, 4.69) is 15.5 Å². The number of para-hydroxylation sites is 1. The average Bonchev–Trinajstić information content (AvgIpc) is 3.11. The molecule has 1 aromatic carbocycles. The van der Waals surface area contributed by atoms with Gasteiger partial charge in [0.15, 0.2) is 10.8 Å². The first kappa shape index (κ1) is 20.6. The number of carboxylic acids is 1. The largest absolute Gasteiger partial charge is 0.547 e. The fourth-order valence-electron chi connectivity index (χ4n) is 2.72. The summed E-state index contributed by atoms with van der Waals surface area (Å²) in [5, 5.41) is 27.7. The Balaban J connectivity index is 1.80. The normalized spacial score (nSPS) is 16.0. The molecule has 0 bridgehead atoms. The summed E-state index contributed by atoms with van der Waals surface area (Å²) in [6.45, 7) is 0.298. The second kappa shape index (κ2) is 8.90. The number of oxime groups is 1. The third kappa shape index (κ3) is 4.64. The van der Waals surface area contributed by atoms with Gasteiger partial charge in [-0.2, -0.15) is 0 Å². The van der Waals surface area contributed by atoms with E-state index in [1.165, 1.54) is 6.07 Å². The second-order valence-corrected chi connectivity index (χ2v) is 6.91. The fourth-order valence-corrected chi connectivity index (χ4v) is 3.26. The van der Waals surface area contributed by atoms with Crippen LogP contribution in [0, 0.1) is 0 Å². The SMILES string of the molecule is NCCO/N=C(\C(=O)N[C@H]1Cc2cccc(C(=O)O)c2OB1O)c1csc(N)n1. The highest BCUT2D eigenvalue weighted by atomic mass is 32.1. The number of carbonyl (C=O) groups is 2. The Morgan fingerprint density at radius 2 is 2.28 bits per heavy atom. The topological polar surface area (TPSA) is 182 Å². The summed E-state index contributed by atoms with van der Waals surface area (Å²) in [7, 11) is -1.46. The number of carboxylic acid groups (broad SMARTS) is 1. The molecule has 1 atom stereocenters. The molecule has 0 saturated carbocycles. The van der Waals surface area contributed by atoms with Crippen LogP contribution in [0.2, 0.25) is 0 Å². The van der Waals surface area contributed by atoms with Gasteiger partial charge in [0.2, 0.25) is 0 Å². The molecule has 0 saturated heterocycles. The lowest BCUT2D eigenvalue weighted by atomic mass is 9.72. The number of fused-ring (bicyclic) bond motifs is 1. The number of nitrogens with zero attached hydrogens (tertiary/aromatic N) is 2. The van der Waals surface area contributed by atoms with Gasteiger partial charge in [0.25, 0.3) is 5.91 Å². The predicted octanol–water partition coefficient (Wildman–Crippen LogP) is -0.757. The molecule has 3 rings (SSSR count).